The lowest BCUT2D eigenvalue weighted by molar-refractivity contribution is 0.625. The second-order valence-corrected chi connectivity index (χ2v) is 2.78. The van der Waals surface area contributed by atoms with E-state index < -0.39 is 0 Å². The molecule has 0 unspecified atom stereocenters. The van der Waals surface area contributed by atoms with Crippen LogP contribution in [0.3, 0.4) is 0 Å². The smallest absolute Gasteiger partial charge is 0.123 e. The molecule has 0 fully saturated rings. The van der Waals surface area contributed by atoms with Gasteiger partial charge in [-0.1, -0.05) is 12.1 Å². The van der Waals surface area contributed by atoms with E-state index in [4.69, 9.17) is 5.73 Å². The first kappa shape index (κ1) is 9.86. The Kier molecular flexibility index (Phi) is 3.58. The monoisotopic (exact) mass is 183 g/mol. The summed E-state index contributed by atoms with van der Waals surface area (Å²) in [6.07, 6.45) is 0.843. The van der Waals surface area contributed by atoms with Gasteiger partial charge in [0.25, 0.3) is 0 Å². The van der Waals surface area contributed by atoms with Crippen molar-refractivity contribution in [2.45, 2.75) is 6.42 Å². The van der Waals surface area contributed by atoms with Crippen LogP contribution in [-0.4, -0.2) is 6.54 Å². The molecule has 13 heavy (non-hydrogen) atoms. The largest absolute Gasteiger partial charge is 0.327 e. The molecule has 70 valence electrons. The molecule has 0 amide bonds. The number of hydrogen-bond donors (Lipinski definition) is 1. The molecule has 1 nitrogen and oxygen atoms in total. The van der Waals surface area contributed by atoms with Crippen LogP contribution in [0.25, 0.3) is 0 Å². The highest BCUT2D eigenvalue weighted by molar-refractivity contribution is 5.22. The third-order valence-electron chi connectivity index (χ3n) is 1.74. The predicted molar refractivity (Wildman–Crippen MR) is 48.3 cm³/mol. The van der Waals surface area contributed by atoms with Gasteiger partial charge in [-0.15, -0.1) is 0 Å². The summed E-state index contributed by atoms with van der Waals surface area (Å²) in [5.41, 5.74) is 6.46. The van der Waals surface area contributed by atoms with Crippen molar-refractivity contribution in [1.82, 2.24) is 0 Å². The van der Waals surface area contributed by atoms with E-state index in [2.05, 4.69) is 0 Å². The molecule has 0 atom stereocenters. The topological polar surface area (TPSA) is 26.0 Å². The van der Waals surface area contributed by atoms with E-state index in [9.17, 15) is 8.78 Å². The van der Waals surface area contributed by atoms with Gasteiger partial charge in [-0.3, -0.25) is 0 Å². The Morgan fingerprint density at radius 2 is 2.23 bits per heavy atom. The molecule has 0 saturated heterocycles. The molecule has 0 aliphatic carbocycles. The minimum Gasteiger partial charge on any atom is -0.327 e. The number of benzene rings is 1. The quantitative estimate of drug-likeness (QED) is 0.763. The highest BCUT2D eigenvalue weighted by Gasteiger charge is 1.99. The van der Waals surface area contributed by atoms with Crippen LogP contribution in [0.2, 0.25) is 0 Å². The molecule has 0 heterocycles. The summed E-state index contributed by atoms with van der Waals surface area (Å²) >= 11 is 0. The average Bonchev–Trinajstić information content (AvgIpc) is 2.14. The SMILES string of the molecule is NC/C(=C\F)Cc1cccc(F)c1. The fourth-order valence-electron chi connectivity index (χ4n) is 1.06. The van der Waals surface area contributed by atoms with Crippen LogP contribution in [0.15, 0.2) is 36.2 Å². The van der Waals surface area contributed by atoms with Crippen molar-refractivity contribution in [1.29, 1.82) is 0 Å². The summed E-state index contributed by atoms with van der Waals surface area (Å²) in [4.78, 5) is 0. The van der Waals surface area contributed by atoms with Crippen LogP contribution in [0.1, 0.15) is 5.56 Å². The first-order chi connectivity index (χ1) is 6.26. The van der Waals surface area contributed by atoms with E-state index in [1.807, 2.05) is 0 Å². The fourth-order valence-corrected chi connectivity index (χ4v) is 1.06. The molecular formula is C10H11F2N. The molecule has 1 rings (SSSR count). The van der Waals surface area contributed by atoms with Crippen LogP contribution in [0.5, 0.6) is 0 Å². The van der Waals surface area contributed by atoms with Gasteiger partial charge in [0, 0.05) is 6.54 Å². The van der Waals surface area contributed by atoms with E-state index in [1.165, 1.54) is 12.1 Å². The highest BCUT2D eigenvalue weighted by Crippen LogP contribution is 2.09. The Bertz CT molecular complexity index is 308. The summed E-state index contributed by atoms with van der Waals surface area (Å²) in [7, 11) is 0. The van der Waals surface area contributed by atoms with Crippen molar-refractivity contribution < 1.29 is 8.78 Å². The Morgan fingerprint density at radius 3 is 2.77 bits per heavy atom. The molecule has 2 N–H and O–H groups in total. The van der Waals surface area contributed by atoms with E-state index in [1.54, 1.807) is 12.1 Å². The third kappa shape index (κ3) is 2.95. The maximum atomic E-state index is 12.7. The highest BCUT2D eigenvalue weighted by atomic mass is 19.1. The maximum absolute atomic E-state index is 12.7. The zero-order valence-corrected chi connectivity index (χ0v) is 7.13. The standard InChI is InChI=1S/C10H11F2N/c11-6-9(7-13)4-8-2-1-3-10(12)5-8/h1-3,5-6H,4,7,13H2/b9-6-. The van der Waals surface area contributed by atoms with Gasteiger partial charge in [0.2, 0.25) is 0 Å². The zero-order chi connectivity index (χ0) is 9.68. The third-order valence-corrected chi connectivity index (χ3v) is 1.74. The van der Waals surface area contributed by atoms with Crippen LogP contribution >= 0.6 is 0 Å². The normalized spacial score (nSPS) is 11.8. The van der Waals surface area contributed by atoms with E-state index >= 15 is 0 Å². The van der Waals surface area contributed by atoms with E-state index in [0.29, 0.717) is 18.3 Å². The molecule has 1 aromatic carbocycles. The molecule has 0 saturated carbocycles. The zero-order valence-electron chi connectivity index (χ0n) is 7.13. The summed E-state index contributed by atoms with van der Waals surface area (Å²) < 4.78 is 24.8. The van der Waals surface area contributed by atoms with Crippen LogP contribution in [0, 0.1) is 5.82 Å². The maximum Gasteiger partial charge on any atom is 0.123 e. The Balaban J connectivity index is 2.74. The van der Waals surface area contributed by atoms with Gasteiger partial charge in [0.05, 0.1) is 6.33 Å². The van der Waals surface area contributed by atoms with Crippen LogP contribution in [-0.2, 0) is 6.42 Å². The summed E-state index contributed by atoms with van der Waals surface area (Å²) in [5, 5.41) is 0. The molecule has 0 bridgehead atoms. The molecule has 3 heteroatoms. The van der Waals surface area contributed by atoms with Gasteiger partial charge >= 0.3 is 0 Å². The van der Waals surface area contributed by atoms with E-state index in [-0.39, 0.29) is 12.4 Å². The minimum atomic E-state index is -0.312. The van der Waals surface area contributed by atoms with Gasteiger partial charge in [-0.05, 0) is 29.7 Å². The average molecular weight is 183 g/mol. The fraction of sp³-hybridized carbons (Fsp3) is 0.200. The van der Waals surface area contributed by atoms with Crippen molar-refractivity contribution in [3.63, 3.8) is 0 Å². The lowest BCUT2D eigenvalue weighted by Crippen LogP contribution is -2.05. The predicted octanol–water partition coefficient (Wildman–Crippen LogP) is 2.18. The lowest BCUT2D eigenvalue weighted by atomic mass is 10.1. The summed E-state index contributed by atoms with van der Waals surface area (Å²) in [6, 6.07) is 6.06. The molecule has 0 aromatic heterocycles. The summed E-state index contributed by atoms with van der Waals surface area (Å²) in [5.74, 6) is -0.312. The number of halogens is 2. The second-order valence-electron chi connectivity index (χ2n) is 2.78. The van der Waals surface area contributed by atoms with Crippen LogP contribution < -0.4 is 5.73 Å². The Labute approximate surface area is 75.9 Å². The van der Waals surface area contributed by atoms with Gasteiger partial charge in [0.1, 0.15) is 5.82 Å². The second kappa shape index (κ2) is 4.72. The first-order valence-corrected chi connectivity index (χ1v) is 3.99. The molecule has 0 spiro atoms. The van der Waals surface area contributed by atoms with Gasteiger partial charge in [-0.25, -0.2) is 8.78 Å². The van der Waals surface area contributed by atoms with Crippen LogP contribution in [0.4, 0.5) is 8.78 Å². The van der Waals surface area contributed by atoms with Crippen molar-refractivity contribution in [2.75, 3.05) is 6.54 Å². The first-order valence-electron chi connectivity index (χ1n) is 3.99. The number of nitrogens with two attached hydrogens (primary N) is 1. The minimum absolute atomic E-state index is 0.160. The number of hydrogen-bond acceptors (Lipinski definition) is 1. The molecule has 1 aromatic rings. The Morgan fingerprint density at radius 1 is 1.46 bits per heavy atom. The van der Waals surface area contributed by atoms with Gasteiger partial charge < -0.3 is 5.73 Å². The van der Waals surface area contributed by atoms with Crippen molar-refractivity contribution in [3.05, 3.63) is 47.5 Å². The van der Waals surface area contributed by atoms with Crippen molar-refractivity contribution >= 4 is 0 Å². The van der Waals surface area contributed by atoms with Crippen molar-refractivity contribution in [2.24, 2.45) is 5.73 Å². The van der Waals surface area contributed by atoms with E-state index in [0.717, 1.165) is 5.56 Å². The molecule has 0 radical (unpaired) electrons. The molecular weight excluding hydrogens is 172 g/mol. The summed E-state index contributed by atoms with van der Waals surface area (Å²) in [6.45, 7) is 0.160. The van der Waals surface area contributed by atoms with Crippen molar-refractivity contribution in [3.8, 4) is 0 Å². The molecule has 0 aliphatic rings. The van der Waals surface area contributed by atoms with Gasteiger partial charge in [-0.2, -0.15) is 0 Å². The lowest BCUT2D eigenvalue weighted by Gasteiger charge is -2.02. The van der Waals surface area contributed by atoms with Gasteiger partial charge in [0.15, 0.2) is 0 Å². The number of rotatable bonds is 3. The Hall–Kier alpha value is -1.22. The molecule has 0 aliphatic heterocycles.